The second-order valence-corrected chi connectivity index (χ2v) is 6.71. The first-order chi connectivity index (χ1) is 11.7. The van der Waals surface area contributed by atoms with Crippen LogP contribution in [0.4, 0.5) is 5.69 Å². The van der Waals surface area contributed by atoms with Gasteiger partial charge in [0.2, 0.25) is 0 Å². The molecular weight excluding hydrogens is 386 g/mol. The van der Waals surface area contributed by atoms with Crippen LogP contribution in [0.1, 0.15) is 11.1 Å². The third-order valence-electron chi connectivity index (χ3n) is 3.59. The lowest BCUT2D eigenvalue weighted by Crippen LogP contribution is -2.00. The summed E-state index contributed by atoms with van der Waals surface area (Å²) in [4.78, 5) is 0. The molecule has 3 aromatic carbocycles. The first-order valence-electron chi connectivity index (χ1n) is 7.65. The van der Waals surface area contributed by atoms with E-state index in [2.05, 4.69) is 27.3 Å². The molecule has 0 bridgehead atoms. The van der Waals surface area contributed by atoms with Crippen LogP contribution >= 0.6 is 27.5 Å². The average molecular weight is 403 g/mol. The van der Waals surface area contributed by atoms with E-state index in [1.807, 2.05) is 66.7 Å². The number of rotatable bonds is 6. The normalized spacial score (nSPS) is 10.4. The molecule has 0 atom stereocenters. The Morgan fingerprint density at radius 1 is 0.917 bits per heavy atom. The molecule has 1 N–H and O–H groups in total. The second kappa shape index (κ2) is 8.22. The Balaban J connectivity index is 1.59. The molecule has 0 spiro atoms. The van der Waals surface area contributed by atoms with E-state index in [1.54, 1.807) is 0 Å². The highest BCUT2D eigenvalue weighted by atomic mass is 79.9. The quantitative estimate of drug-likeness (QED) is 0.523. The van der Waals surface area contributed by atoms with Crippen LogP contribution in [-0.2, 0) is 13.2 Å². The fourth-order valence-corrected chi connectivity index (χ4v) is 2.75. The predicted molar refractivity (Wildman–Crippen MR) is 104 cm³/mol. The molecule has 0 aliphatic heterocycles. The zero-order valence-electron chi connectivity index (χ0n) is 13.0. The molecule has 0 aliphatic rings. The van der Waals surface area contributed by atoms with Crippen LogP contribution in [0.25, 0.3) is 0 Å². The molecule has 0 heterocycles. The molecule has 2 nitrogen and oxygen atoms in total. The van der Waals surface area contributed by atoms with E-state index in [9.17, 15) is 0 Å². The standard InChI is InChI=1S/C20H17BrClNO/c21-17-8-10-18(11-9-17)23-13-15-4-3-6-19(12-15)24-14-16-5-1-2-7-20(16)22/h1-12,23H,13-14H2. The Kier molecular flexibility index (Phi) is 5.78. The van der Waals surface area contributed by atoms with Crippen molar-refractivity contribution >= 4 is 33.2 Å². The summed E-state index contributed by atoms with van der Waals surface area (Å²) in [5.74, 6) is 0.838. The monoisotopic (exact) mass is 401 g/mol. The first kappa shape index (κ1) is 16.9. The van der Waals surface area contributed by atoms with Crippen molar-refractivity contribution in [2.24, 2.45) is 0 Å². The molecule has 0 aromatic heterocycles. The Morgan fingerprint density at radius 2 is 1.71 bits per heavy atom. The molecule has 0 unspecified atom stereocenters. The number of ether oxygens (including phenoxy) is 1. The highest BCUT2D eigenvalue weighted by Gasteiger charge is 2.02. The van der Waals surface area contributed by atoms with Gasteiger partial charge in [-0.2, -0.15) is 0 Å². The van der Waals surface area contributed by atoms with E-state index >= 15 is 0 Å². The summed E-state index contributed by atoms with van der Waals surface area (Å²) >= 11 is 9.60. The van der Waals surface area contributed by atoms with Crippen molar-refractivity contribution in [3.8, 4) is 5.75 Å². The smallest absolute Gasteiger partial charge is 0.120 e. The van der Waals surface area contributed by atoms with Gasteiger partial charge in [0.1, 0.15) is 12.4 Å². The molecule has 3 rings (SSSR count). The van der Waals surface area contributed by atoms with Crippen molar-refractivity contribution in [2.75, 3.05) is 5.32 Å². The van der Waals surface area contributed by atoms with Crippen molar-refractivity contribution in [3.05, 3.63) is 93.4 Å². The highest BCUT2D eigenvalue weighted by molar-refractivity contribution is 9.10. The van der Waals surface area contributed by atoms with Crippen LogP contribution < -0.4 is 10.1 Å². The van der Waals surface area contributed by atoms with Gasteiger partial charge >= 0.3 is 0 Å². The Morgan fingerprint density at radius 3 is 2.50 bits per heavy atom. The van der Waals surface area contributed by atoms with Gasteiger partial charge in [0.25, 0.3) is 0 Å². The van der Waals surface area contributed by atoms with Gasteiger partial charge < -0.3 is 10.1 Å². The third kappa shape index (κ3) is 4.76. The SMILES string of the molecule is Clc1ccccc1COc1cccc(CNc2ccc(Br)cc2)c1. The minimum Gasteiger partial charge on any atom is -0.489 e. The van der Waals surface area contributed by atoms with Crippen LogP contribution in [0.5, 0.6) is 5.75 Å². The lowest BCUT2D eigenvalue weighted by atomic mass is 10.2. The molecule has 0 saturated heterocycles. The predicted octanol–water partition coefficient (Wildman–Crippen LogP) is 6.29. The zero-order chi connectivity index (χ0) is 16.8. The topological polar surface area (TPSA) is 21.3 Å². The maximum Gasteiger partial charge on any atom is 0.120 e. The lowest BCUT2D eigenvalue weighted by molar-refractivity contribution is 0.306. The van der Waals surface area contributed by atoms with Crippen molar-refractivity contribution < 1.29 is 4.74 Å². The van der Waals surface area contributed by atoms with Gasteiger partial charge in [-0.3, -0.25) is 0 Å². The molecule has 0 amide bonds. The van der Waals surface area contributed by atoms with Crippen molar-refractivity contribution in [2.45, 2.75) is 13.2 Å². The summed E-state index contributed by atoms with van der Waals surface area (Å²) in [5, 5.41) is 4.13. The number of halogens is 2. The van der Waals surface area contributed by atoms with E-state index in [0.717, 1.165) is 38.6 Å². The molecule has 24 heavy (non-hydrogen) atoms. The first-order valence-corrected chi connectivity index (χ1v) is 8.82. The van der Waals surface area contributed by atoms with E-state index in [-0.39, 0.29) is 0 Å². The van der Waals surface area contributed by atoms with Crippen LogP contribution in [0.2, 0.25) is 5.02 Å². The summed E-state index contributed by atoms with van der Waals surface area (Å²) in [7, 11) is 0. The summed E-state index contributed by atoms with van der Waals surface area (Å²) < 4.78 is 6.94. The minimum atomic E-state index is 0.462. The van der Waals surface area contributed by atoms with Gasteiger partial charge in [-0.1, -0.05) is 57.9 Å². The summed E-state index contributed by atoms with van der Waals surface area (Å²) in [6, 6.07) is 23.9. The minimum absolute atomic E-state index is 0.462. The van der Waals surface area contributed by atoms with Crippen LogP contribution in [-0.4, -0.2) is 0 Å². The fraction of sp³-hybridized carbons (Fsp3) is 0.100. The van der Waals surface area contributed by atoms with E-state index in [4.69, 9.17) is 16.3 Å². The molecule has 3 aromatic rings. The van der Waals surface area contributed by atoms with Gasteiger partial charge in [0.15, 0.2) is 0 Å². The molecule has 0 fully saturated rings. The van der Waals surface area contributed by atoms with Gasteiger partial charge in [0.05, 0.1) is 0 Å². The number of anilines is 1. The Bertz CT molecular complexity index is 805. The van der Waals surface area contributed by atoms with Crippen molar-refractivity contribution in [3.63, 3.8) is 0 Å². The van der Waals surface area contributed by atoms with Gasteiger partial charge in [0, 0.05) is 27.3 Å². The largest absolute Gasteiger partial charge is 0.489 e. The number of hydrogen-bond acceptors (Lipinski definition) is 2. The second-order valence-electron chi connectivity index (χ2n) is 5.39. The molecule has 4 heteroatoms. The summed E-state index contributed by atoms with van der Waals surface area (Å²) in [6.45, 7) is 1.20. The Labute approximate surface area is 155 Å². The zero-order valence-corrected chi connectivity index (χ0v) is 15.3. The van der Waals surface area contributed by atoms with Crippen LogP contribution in [0, 0.1) is 0 Å². The van der Waals surface area contributed by atoms with Crippen molar-refractivity contribution in [1.82, 2.24) is 0 Å². The van der Waals surface area contributed by atoms with Gasteiger partial charge in [-0.25, -0.2) is 0 Å². The Hall–Kier alpha value is -1.97. The van der Waals surface area contributed by atoms with Crippen molar-refractivity contribution in [1.29, 1.82) is 0 Å². The fourth-order valence-electron chi connectivity index (χ4n) is 2.29. The van der Waals surface area contributed by atoms with Gasteiger partial charge in [-0.05, 0) is 48.0 Å². The molecular formula is C20H17BrClNO. The molecule has 0 aliphatic carbocycles. The summed E-state index contributed by atoms with van der Waals surface area (Å²) in [5.41, 5.74) is 3.23. The average Bonchev–Trinajstić information content (AvgIpc) is 2.61. The molecule has 0 saturated carbocycles. The maximum atomic E-state index is 6.16. The number of benzene rings is 3. The number of hydrogen-bond donors (Lipinski definition) is 1. The third-order valence-corrected chi connectivity index (χ3v) is 4.49. The van der Waals surface area contributed by atoms with E-state index in [0.29, 0.717) is 6.61 Å². The lowest BCUT2D eigenvalue weighted by Gasteiger charge is -2.10. The number of nitrogens with one attached hydrogen (secondary N) is 1. The van der Waals surface area contributed by atoms with Gasteiger partial charge in [-0.15, -0.1) is 0 Å². The highest BCUT2D eigenvalue weighted by Crippen LogP contribution is 2.20. The molecule has 0 radical (unpaired) electrons. The maximum absolute atomic E-state index is 6.16. The summed E-state index contributed by atoms with van der Waals surface area (Å²) in [6.07, 6.45) is 0. The van der Waals surface area contributed by atoms with E-state index in [1.165, 1.54) is 0 Å². The molecule has 122 valence electrons. The van der Waals surface area contributed by atoms with E-state index < -0.39 is 0 Å². The van der Waals surface area contributed by atoms with Crippen LogP contribution in [0.3, 0.4) is 0 Å². The van der Waals surface area contributed by atoms with Crippen LogP contribution in [0.15, 0.2) is 77.3 Å².